The molecule has 0 aliphatic heterocycles. The van der Waals surface area contributed by atoms with Gasteiger partial charge in [0.15, 0.2) is 0 Å². The van der Waals surface area contributed by atoms with Gasteiger partial charge in [0.25, 0.3) is 5.91 Å². The standard InChI is InChI=1S/C15H16FNOS/c1-4-11-8-14(19-10(11)3)15(18)17-13-7-9(2)5-6-12(13)16/h5-8H,4H2,1-3H3,(H,17,18). The Hall–Kier alpha value is -1.68. The highest BCUT2D eigenvalue weighted by Crippen LogP contribution is 2.24. The molecule has 1 aromatic carbocycles. The van der Waals surface area contributed by atoms with Gasteiger partial charge < -0.3 is 5.32 Å². The molecule has 2 nitrogen and oxygen atoms in total. The maximum atomic E-state index is 13.6. The summed E-state index contributed by atoms with van der Waals surface area (Å²) in [6.07, 6.45) is 0.897. The molecule has 1 N–H and O–H groups in total. The number of anilines is 1. The summed E-state index contributed by atoms with van der Waals surface area (Å²) in [5.74, 6) is -0.666. The highest BCUT2D eigenvalue weighted by atomic mass is 32.1. The number of carbonyl (C=O) groups excluding carboxylic acids is 1. The van der Waals surface area contributed by atoms with Crippen LogP contribution in [0.25, 0.3) is 0 Å². The van der Waals surface area contributed by atoms with Crippen LogP contribution in [0.1, 0.15) is 32.6 Å². The summed E-state index contributed by atoms with van der Waals surface area (Å²) in [6.45, 7) is 5.91. The van der Waals surface area contributed by atoms with E-state index in [9.17, 15) is 9.18 Å². The predicted octanol–water partition coefficient (Wildman–Crippen LogP) is 4.32. The lowest BCUT2D eigenvalue weighted by atomic mass is 10.2. The Bertz CT molecular complexity index is 619. The molecule has 0 bridgehead atoms. The molecule has 0 saturated heterocycles. The van der Waals surface area contributed by atoms with Crippen molar-refractivity contribution in [2.45, 2.75) is 27.2 Å². The predicted molar refractivity (Wildman–Crippen MR) is 77.5 cm³/mol. The topological polar surface area (TPSA) is 29.1 Å². The summed E-state index contributed by atoms with van der Waals surface area (Å²) < 4.78 is 13.6. The molecule has 0 aliphatic carbocycles. The van der Waals surface area contributed by atoms with Crippen molar-refractivity contribution in [1.29, 1.82) is 0 Å². The molecule has 1 amide bonds. The number of amides is 1. The molecule has 0 aliphatic rings. The Labute approximate surface area is 116 Å². The van der Waals surface area contributed by atoms with Crippen LogP contribution in [0.2, 0.25) is 0 Å². The van der Waals surface area contributed by atoms with Gasteiger partial charge in [-0.25, -0.2) is 4.39 Å². The zero-order chi connectivity index (χ0) is 14.0. The number of hydrogen-bond donors (Lipinski definition) is 1. The van der Waals surface area contributed by atoms with E-state index >= 15 is 0 Å². The van der Waals surface area contributed by atoms with E-state index in [0.717, 1.165) is 16.9 Å². The van der Waals surface area contributed by atoms with E-state index in [1.54, 1.807) is 12.1 Å². The van der Waals surface area contributed by atoms with E-state index in [-0.39, 0.29) is 11.6 Å². The first-order valence-electron chi connectivity index (χ1n) is 6.18. The summed E-state index contributed by atoms with van der Waals surface area (Å²) in [7, 11) is 0. The normalized spacial score (nSPS) is 10.5. The van der Waals surface area contributed by atoms with Crippen LogP contribution in [0.3, 0.4) is 0 Å². The van der Waals surface area contributed by atoms with E-state index in [1.807, 2.05) is 19.9 Å². The largest absolute Gasteiger partial charge is 0.319 e. The minimum absolute atomic E-state index is 0.231. The zero-order valence-corrected chi connectivity index (χ0v) is 12.0. The SMILES string of the molecule is CCc1cc(C(=O)Nc2cc(C)ccc2F)sc1C. The lowest BCUT2D eigenvalue weighted by Crippen LogP contribution is -2.11. The number of hydrogen-bond acceptors (Lipinski definition) is 2. The van der Waals surface area contributed by atoms with Crippen LogP contribution in [0.5, 0.6) is 0 Å². The number of carbonyl (C=O) groups is 1. The van der Waals surface area contributed by atoms with E-state index in [2.05, 4.69) is 12.2 Å². The summed E-state index contributed by atoms with van der Waals surface area (Å²) in [6, 6.07) is 6.55. The van der Waals surface area contributed by atoms with Gasteiger partial charge in [-0.3, -0.25) is 4.79 Å². The van der Waals surface area contributed by atoms with Crippen LogP contribution < -0.4 is 5.32 Å². The molecule has 2 rings (SSSR count). The number of halogens is 1. The molecular formula is C15H16FNOS. The van der Waals surface area contributed by atoms with Gasteiger partial charge in [-0.2, -0.15) is 0 Å². The van der Waals surface area contributed by atoms with Crippen molar-refractivity contribution in [3.8, 4) is 0 Å². The molecule has 0 saturated carbocycles. The highest BCUT2D eigenvalue weighted by Gasteiger charge is 2.13. The Morgan fingerprint density at radius 2 is 2.05 bits per heavy atom. The monoisotopic (exact) mass is 277 g/mol. The number of benzene rings is 1. The van der Waals surface area contributed by atoms with E-state index in [1.165, 1.54) is 23.0 Å². The van der Waals surface area contributed by atoms with Crippen LogP contribution in [0.15, 0.2) is 24.3 Å². The molecule has 1 aromatic heterocycles. The first-order valence-corrected chi connectivity index (χ1v) is 6.99. The molecule has 0 atom stereocenters. The van der Waals surface area contributed by atoms with Crippen molar-refractivity contribution >= 4 is 22.9 Å². The van der Waals surface area contributed by atoms with Gasteiger partial charge in [0, 0.05) is 4.88 Å². The molecule has 0 radical (unpaired) electrons. The van der Waals surface area contributed by atoms with Gasteiger partial charge in [-0.05, 0) is 49.6 Å². The third-order valence-corrected chi connectivity index (χ3v) is 4.09. The lowest BCUT2D eigenvalue weighted by Gasteiger charge is -2.05. The van der Waals surface area contributed by atoms with Crippen LogP contribution in [0.4, 0.5) is 10.1 Å². The van der Waals surface area contributed by atoms with Gasteiger partial charge in [0.05, 0.1) is 10.6 Å². The second-order valence-corrected chi connectivity index (χ2v) is 5.74. The first kappa shape index (κ1) is 13.7. The molecular weight excluding hydrogens is 261 g/mol. The highest BCUT2D eigenvalue weighted by molar-refractivity contribution is 7.14. The summed E-state index contributed by atoms with van der Waals surface area (Å²) in [4.78, 5) is 13.8. The van der Waals surface area contributed by atoms with Crippen molar-refractivity contribution < 1.29 is 9.18 Å². The second kappa shape index (κ2) is 5.53. The van der Waals surface area contributed by atoms with E-state index in [4.69, 9.17) is 0 Å². The fourth-order valence-corrected chi connectivity index (χ4v) is 2.91. The van der Waals surface area contributed by atoms with Crippen molar-refractivity contribution in [2.24, 2.45) is 0 Å². The van der Waals surface area contributed by atoms with Crippen molar-refractivity contribution in [1.82, 2.24) is 0 Å². The van der Waals surface area contributed by atoms with Crippen molar-refractivity contribution in [2.75, 3.05) is 5.32 Å². The van der Waals surface area contributed by atoms with E-state index in [0.29, 0.717) is 4.88 Å². The van der Waals surface area contributed by atoms with Gasteiger partial charge >= 0.3 is 0 Å². The maximum Gasteiger partial charge on any atom is 0.265 e. The van der Waals surface area contributed by atoms with E-state index < -0.39 is 5.82 Å². The molecule has 2 aromatic rings. The van der Waals surface area contributed by atoms with Gasteiger partial charge in [-0.1, -0.05) is 13.0 Å². The number of rotatable bonds is 3. The zero-order valence-electron chi connectivity index (χ0n) is 11.2. The number of thiophene rings is 1. The van der Waals surface area contributed by atoms with Crippen LogP contribution in [0, 0.1) is 19.7 Å². The molecule has 4 heteroatoms. The maximum absolute atomic E-state index is 13.6. The van der Waals surface area contributed by atoms with Gasteiger partial charge in [0.2, 0.25) is 0 Å². The molecule has 0 unspecified atom stereocenters. The molecule has 19 heavy (non-hydrogen) atoms. The second-order valence-electron chi connectivity index (χ2n) is 4.48. The average Bonchev–Trinajstić information content (AvgIpc) is 2.75. The molecule has 0 fully saturated rings. The summed E-state index contributed by atoms with van der Waals surface area (Å²) in [5, 5.41) is 2.63. The fourth-order valence-electron chi connectivity index (χ4n) is 1.90. The summed E-state index contributed by atoms with van der Waals surface area (Å²) in [5.41, 5.74) is 2.31. The minimum Gasteiger partial charge on any atom is -0.319 e. The van der Waals surface area contributed by atoms with Crippen LogP contribution in [-0.2, 0) is 6.42 Å². The van der Waals surface area contributed by atoms with Crippen LogP contribution in [-0.4, -0.2) is 5.91 Å². The fraction of sp³-hybridized carbons (Fsp3) is 0.267. The third kappa shape index (κ3) is 3.01. The molecule has 1 heterocycles. The third-order valence-electron chi connectivity index (χ3n) is 3.00. The first-order chi connectivity index (χ1) is 9.01. The Morgan fingerprint density at radius 3 is 2.68 bits per heavy atom. The lowest BCUT2D eigenvalue weighted by molar-refractivity contribution is 0.103. The number of nitrogens with one attached hydrogen (secondary N) is 1. The minimum atomic E-state index is -0.414. The number of aryl methyl sites for hydroxylation is 3. The van der Waals surface area contributed by atoms with Crippen molar-refractivity contribution in [3.05, 3.63) is 51.0 Å². The van der Waals surface area contributed by atoms with Crippen molar-refractivity contribution in [3.63, 3.8) is 0 Å². The Kier molecular flexibility index (Phi) is 4.00. The summed E-state index contributed by atoms with van der Waals surface area (Å²) >= 11 is 1.44. The van der Waals surface area contributed by atoms with Gasteiger partial charge in [0.1, 0.15) is 5.82 Å². The molecule has 0 spiro atoms. The molecule has 100 valence electrons. The Morgan fingerprint density at radius 1 is 1.32 bits per heavy atom. The van der Waals surface area contributed by atoms with Crippen LogP contribution >= 0.6 is 11.3 Å². The smallest absolute Gasteiger partial charge is 0.265 e. The van der Waals surface area contributed by atoms with Gasteiger partial charge in [-0.15, -0.1) is 11.3 Å². The average molecular weight is 277 g/mol. The quantitative estimate of drug-likeness (QED) is 0.889. The Balaban J connectivity index is 2.22.